The summed E-state index contributed by atoms with van der Waals surface area (Å²) in [6, 6.07) is 3.77. The van der Waals surface area contributed by atoms with Gasteiger partial charge in [-0.1, -0.05) is 0 Å². The number of carbonyl (C=O) groups is 1. The zero-order chi connectivity index (χ0) is 18.1. The van der Waals surface area contributed by atoms with Gasteiger partial charge in [0, 0.05) is 11.5 Å². The van der Waals surface area contributed by atoms with Gasteiger partial charge < -0.3 is 9.84 Å². The lowest BCUT2D eigenvalue weighted by Gasteiger charge is -2.12. The first-order valence-electron chi connectivity index (χ1n) is 7.70. The molecule has 2 heterocycles. The maximum atomic E-state index is 13.9. The number of ether oxygens (including phenoxy) is 1. The van der Waals surface area contributed by atoms with Crippen LogP contribution in [0, 0.1) is 5.82 Å². The summed E-state index contributed by atoms with van der Waals surface area (Å²) in [4.78, 5) is 19.2. The van der Waals surface area contributed by atoms with Gasteiger partial charge in [0.15, 0.2) is 0 Å². The SMILES string of the molecule is O=C(O)c1ncnnc1Oc1ccc(F)cc1-c1nncnc1C1CC1. The van der Waals surface area contributed by atoms with E-state index in [1.165, 1.54) is 24.5 Å². The number of hydrogen-bond donors (Lipinski definition) is 1. The normalized spacial score (nSPS) is 13.4. The fraction of sp³-hybridized carbons (Fsp3) is 0.188. The standard InChI is InChI=1S/C16H11FN6O3/c17-9-3-4-11(26-15-14(16(24)25)19-7-21-23-15)10(5-9)13-12(8-1-2-8)18-6-20-22-13/h3-8H,1-2H2,(H,24,25). The number of hydrogen-bond acceptors (Lipinski definition) is 8. The second-order valence-corrected chi connectivity index (χ2v) is 5.63. The van der Waals surface area contributed by atoms with Gasteiger partial charge in [0.1, 0.15) is 29.9 Å². The van der Waals surface area contributed by atoms with E-state index in [0.29, 0.717) is 17.0 Å². The van der Waals surface area contributed by atoms with Crippen LogP contribution in [0.15, 0.2) is 30.9 Å². The van der Waals surface area contributed by atoms with E-state index in [1.54, 1.807) is 0 Å². The Morgan fingerprint density at radius 1 is 1.15 bits per heavy atom. The molecule has 0 saturated heterocycles. The predicted octanol–water partition coefficient (Wildman–Crippen LogP) is 2.23. The van der Waals surface area contributed by atoms with Gasteiger partial charge in [-0.25, -0.2) is 19.2 Å². The molecule has 2 aromatic heterocycles. The highest BCUT2D eigenvalue weighted by molar-refractivity contribution is 5.87. The fourth-order valence-electron chi connectivity index (χ4n) is 2.49. The topological polar surface area (TPSA) is 124 Å². The van der Waals surface area contributed by atoms with Crippen molar-refractivity contribution in [2.24, 2.45) is 0 Å². The number of nitrogens with zero attached hydrogens (tertiary/aromatic N) is 6. The zero-order valence-electron chi connectivity index (χ0n) is 13.2. The average Bonchev–Trinajstić information content (AvgIpc) is 3.48. The van der Waals surface area contributed by atoms with Crippen LogP contribution in [0.2, 0.25) is 0 Å². The van der Waals surface area contributed by atoms with Crippen molar-refractivity contribution in [1.29, 1.82) is 0 Å². The highest BCUT2D eigenvalue weighted by Gasteiger charge is 2.30. The third-order valence-electron chi connectivity index (χ3n) is 3.81. The molecule has 0 unspecified atom stereocenters. The molecule has 1 aromatic carbocycles. The van der Waals surface area contributed by atoms with Crippen LogP contribution in [0.5, 0.6) is 11.6 Å². The van der Waals surface area contributed by atoms with Crippen molar-refractivity contribution in [3.8, 4) is 22.9 Å². The van der Waals surface area contributed by atoms with E-state index in [1.807, 2.05) is 0 Å². The highest BCUT2D eigenvalue weighted by atomic mass is 19.1. The Morgan fingerprint density at radius 2 is 1.92 bits per heavy atom. The van der Waals surface area contributed by atoms with E-state index in [9.17, 15) is 14.3 Å². The van der Waals surface area contributed by atoms with Crippen LogP contribution in [0.3, 0.4) is 0 Å². The molecule has 9 nitrogen and oxygen atoms in total. The molecule has 1 N–H and O–H groups in total. The summed E-state index contributed by atoms with van der Waals surface area (Å²) in [6.45, 7) is 0. The van der Waals surface area contributed by atoms with Crippen molar-refractivity contribution in [3.05, 3.63) is 48.1 Å². The Kier molecular flexibility index (Phi) is 3.92. The molecule has 1 fully saturated rings. The van der Waals surface area contributed by atoms with Gasteiger partial charge in [-0.05, 0) is 31.0 Å². The lowest BCUT2D eigenvalue weighted by molar-refractivity contribution is 0.0686. The molecule has 4 rings (SSSR count). The van der Waals surface area contributed by atoms with Crippen molar-refractivity contribution >= 4 is 5.97 Å². The van der Waals surface area contributed by atoms with Gasteiger partial charge in [-0.3, -0.25) is 0 Å². The first-order valence-corrected chi connectivity index (χ1v) is 7.70. The summed E-state index contributed by atoms with van der Waals surface area (Å²) in [5.74, 6) is -1.74. The molecule has 0 amide bonds. The molecular formula is C16H11FN6O3. The predicted molar refractivity (Wildman–Crippen MR) is 84.1 cm³/mol. The van der Waals surface area contributed by atoms with Crippen molar-refractivity contribution < 1.29 is 19.0 Å². The largest absolute Gasteiger partial charge is 0.476 e. The number of aromatic carboxylic acids is 1. The summed E-state index contributed by atoms with van der Waals surface area (Å²) in [5, 5.41) is 24.3. The van der Waals surface area contributed by atoms with E-state index in [0.717, 1.165) is 19.2 Å². The number of carboxylic acid groups (broad SMARTS) is 1. The minimum absolute atomic E-state index is 0.153. The first kappa shape index (κ1) is 15.9. The average molecular weight is 354 g/mol. The van der Waals surface area contributed by atoms with E-state index >= 15 is 0 Å². The van der Waals surface area contributed by atoms with E-state index < -0.39 is 17.5 Å². The minimum atomic E-state index is -1.32. The number of benzene rings is 1. The Hall–Kier alpha value is -3.56. The molecule has 0 aliphatic heterocycles. The Bertz CT molecular complexity index is 995. The summed E-state index contributed by atoms with van der Waals surface area (Å²) in [5.41, 5.74) is 0.980. The molecule has 130 valence electrons. The van der Waals surface area contributed by atoms with Crippen LogP contribution in [0.1, 0.15) is 34.9 Å². The molecular weight excluding hydrogens is 343 g/mol. The van der Waals surface area contributed by atoms with Gasteiger partial charge in [0.25, 0.3) is 5.88 Å². The second kappa shape index (κ2) is 6.39. The molecule has 0 atom stereocenters. The highest BCUT2D eigenvalue weighted by Crippen LogP contribution is 2.44. The molecule has 1 aliphatic carbocycles. The van der Waals surface area contributed by atoms with Gasteiger partial charge in [-0.15, -0.1) is 20.4 Å². The van der Waals surface area contributed by atoms with E-state index in [2.05, 4.69) is 30.4 Å². The maximum absolute atomic E-state index is 13.9. The molecule has 1 saturated carbocycles. The lowest BCUT2D eigenvalue weighted by Crippen LogP contribution is -2.07. The van der Waals surface area contributed by atoms with Crippen LogP contribution >= 0.6 is 0 Å². The maximum Gasteiger partial charge on any atom is 0.360 e. The lowest BCUT2D eigenvalue weighted by atomic mass is 10.1. The van der Waals surface area contributed by atoms with Gasteiger partial charge >= 0.3 is 5.97 Å². The van der Waals surface area contributed by atoms with Crippen molar-refractivity contribution in [2.45, 2.75) is 18.8 Å². The number of carboxylic acids is 1. The summed E-state index contributed by atoms with van der Waals surface area (Å²) in [7, 11) is 0. The number of rotatable bonds is 5. The molecule has 1 aliphatic rings. The van der Waals surface area contributed by atoms with Crippen LogP contribution in [0.25, 0.3) is 11.3 Å². The number of halogens is 1. The Morgan fingerprint density at radius 3 is 2.69 bits per heavy atom. The zero-order valence-corrected chi connectivity index (χ0v) is 13.2. The van der Waals surface area contributed by atoms with Crippen LogP contribution in [-0.2, 0) is 0 Å². The van der Waals surface area contributed by atoms with Gasteiger partial charge in [-0.2, -0.15) is 0 Å². The molecule has 0 radical (unpaired) electrons. The summed E-state index contributed by atoms with van der Waals surface area (Å²) < 4.78 is 19.5. The van der Waals surface area contributed by atoms with Gasteiger partial charge in [0.05, 0.1) is 5.69 Å². The summed E-state index contributed by atoms with van der Waals surface area (Å²) >= 11 is 0. The van der Waals surface area contributed by atoms with Crippen molar-refractivity contribution in [2.75, 3.05) is 0 Å². The Balaban J connectivity index is 1.81. The molecule has 0 spiro atoms. The minimum Gasteiger partial charge on any atom is -0.476 e. The van der Waals surface area contributed by atoms with Crippen molar-refractivity contribution in [1.82, 2.24) is 30.4 Å². The molecule has 0 bridgehead atoms. The summed E-state index contributed by atoms with van der Waals surface area (Å²) in [6.07, 6.45) is 4.27. The Labute approximate surface area is 145 Å². The third-order valence-corrected chi connectivity index (χ3v) is 3.81. The fourth-order valence-corrected chi connectivity index (χ4v) is 2.49. The monoisotopic (exact) mass is 354 g/mol. The molecule has 3 aromatic rings. The van der Waals surface area contributed by atoms with Crippen LogP contribution in [0.4, 0.5) is 4.39 Å². The molecule has 26 heavy (non-hydrogen) atoms. The quantitative estimate of drug-likeness (QED) is 0.734. The molecule has 10 heteroatoms. The van der Waals surface area contributed by atoms with E-state index in [-0.39, 0.29) is 17.5 Å². The smallest absolute Gasteiger partial charge is 0.360 e. The number of aromatic nitrogens is 6. The van der Waals surface area contributed by atoms with E-state index in [4.69, 9.17) is 4.74 Å². The first-order chi connectivity index (χ1) is 12.6. The second-order valence-electron chi connectivity index (χ2n) is 5.63. The van der Waals surface area contributed by atoms with Crippen LogP contribution < -0.4 is 4.74 Å². The van der Waals surface area contributed by atoms with Crippen molar-refractivity contribution in [3.63, 3.8) is 0 Å². The van der Waals surface area contributed by atoms with Gasteiger partial charge in [0.2, 0.25) is 5.69 Å². The third kappa shape index (κ3) is 3.04. The van der Waals surface area contributed by atoms with Crippen LogP contribution in [-0.4, -0.2) is 41.4 Å².